The summed E-state index contributed by atoms with van der Waals surface area (Å²) in [5.41, 5.74) is 5.23. The number of nitrogens with zero attached hydrogens (tertiary/aromatic N) is 1. The predicted octanol–water partition coefficient (Wildman–Crippen LogP) is 1.15. The van der Waals surface area contributed by atoms with Gasteiger partial charge in [-0.05, 0) is 48.1 Å². The Bertz CT molecular complexity index is 594. The Kier molecular flexibility index (Phi) is 4.14. The van der Waals surface area contributed by atoms with Crippen molar-refractivity contribution in [3.63, 3.8) is 0 Å². The number of hydrogen-bond acceptors (Lipinski definition) is 4. The van der Waals surface area contributed by atoms with Crippen molar-refractivity contribution in [2.24, 2.45) is 0 Å². The number of likely N-dealkylation sites (tertiary alicyclic amines) is 1. The van der Waals surface area contributed by atoms with Crippen LogP contribution in [0.3, 0.4) is 0 Å². The van der Waals surface area contributed by atoms with Crippen LogP contribution >= 0.6 is 15.9 Å². The fourth-order valence-corrected chi connectivity index (χ4v) is 4.38. The lowest BCUT2D eigenvalue weighted by atomic mass is 10.3. The molecule has 8 heteroatoms. The van der Waals surface area contributed by atoms with Gasteiger partial charge in [0.05, 0.1) is 10.6 Å². The van der Waals surface area contributed by atoms with E-state index >= 15 is 0 Å². The van der Waals surface area contributed by atoms with Gasteiger partial charge in [0, 0.05) is 17.1 Å². The molecule has 1 atom stereocenters. The average molecular weight is 352 g/mol. The number of nitrogen functional groups attached to an aromatic ring is 1. The minimum atomic E-state index is -3.71. The van der Waals surface area contributed by atoms with Gasteiger partial charge in [-0.3, -0.25) is 0 Å². The number of halogens is 2. The lowest BCUT2D eigenvalue weighted by Gasteiger charge is -2.14. The summed E-state index contributed by atoms with van der Waals surface area (Å²) in [5, 5.41) is 0. The molecule has 1 aromatic rings. The molecule has 1 saturated heterocycles. The van der Waals surface area contributed by atoms with Crippen LogP contribution in [0.2, 0.25) is 0 Å². The third kappa shape index (κ3) is 3.25. The number of rotatable bonds is 3. The smallest absolute Gasteiger partial charge is 0.242 e. The first-order chi connectivity index (χ1) is 8.79. The quantitative estimate of drug-likeness (QED) is 0.801. The highest BCUT2D eigenvalue weighted by Gasteiger charge is 2.27. The summed E-state index contributed by atoms with van der Waals surface area (Å²) in [4.78, 5) is 2.00. The largest absolute Gasteiger partial charge is 0.396 e. The molecule has 0 saturated carbocycles. The molecule has 1 aromatic carbocycles. The molecule has 1 fully saturated rings. The summed E-state index contributed by atoms with van der Waals surface area (Å²) in [6.45, 7) is 1.51. The highest BCUT2D eigenvalue weighted by Crippen LogP contribution is 2.27. The van der Waals surface area contributed by atoms with Gasteiger partial charge in [0.2, 0.25) is 10.0 Å². The molecule has 106 valence electrons. The van der Waals surface area contributed by atoms with E-state index < -0.39 is 15.8 Å². The minimum Gasteiger partial charge on any atom is -0.396 e. The van der Waals surface area contributed by atoms with Gasteiger partial charge in [-0.1, -0.05) is 0 Å². The Morgan fingerprint density at radius 3 is 2.79 bits per heavy atom. The maximum Gasteiger partial charge on any atom is 0.242 e. The van der Waals surface area contributed by atoms with Crippen molar-refractivity contribution in [1.29, 1.82) is 0 Å². The summed E-state index contributed by atoms with van der Waals surface area (Å²) in [6.07, 6.45) is 0.754. The van der Waals surface area contributed by atoms with Crippen molar-refractivity contribution >= 4 is 31.6 Å². The van der Waals surface area contributed by atoms with Crippen molar-refractivity contribution in [2.75, 3.05) is 25.9 Å². The van der Waals surface area contributed by atoms with Crippen LogP contribution in [0.15, 0.2) is 21.5 Å². The van der Waals surface area contributed by atoms with Crippen LogP contribution in [-0.4, -0.2) is 39.5 Å². The number of nitrogens with one attached hydrogen (secondary N) is 1. The fourth-order valence-electron chi connectivity index (χ4n) is 2.06. The number of likely N-dealkylation sites (N-methyl/N-ethyl adjacent to an activating group) is 1. The molecule has 1 heterocycles. The summed E-state index contributed by atoms with van der Waals surface area (Å²) < 4.78 is 40.5. The predicted molar refractivity (Wildman–Crippen MR) is 74.7 cm³/mol. The zero-order valence-corrected chi connectivity index (χ0v) is 12.8. The van der Waals surface area contributed by atoms with Crippen LogP contribution in [0.1, 0.15) is 6.42 Å². The number of hydrogen-bond donors (Lipinski definition) is 2. The molecule has 1 unspecified atom stereocenters. The average Bonchev–Trinajstić information content (AvgIpc) is 2.68. The van der Waals surface area contributed by atoms with Crippen LogP contribution in [0, 0.1) is 5.82 Å². The Morgan fingerprint density at radius 2 is 2.21 bits per heavy atom. The van der Waals surface area contributed by atoms with Crippen LogP contribution in [0.5, 0.6) is 0 Å². The van der Waals surface area contributed by atoms with Crippen LogP contribution in [0.25, 0.3) is 0 Å². The Morgan fingerprint density at radius 1 is 1.53 bits per heavy atom. The van der Waals surface area contributed by atoms with E-state index in [1.807, 2.05) is 11.9 Å². The normalized spacial score (nSPS) is 20.9. The van der Waals surface area contributed by atoms with Crippen molar-refractivity contribution in [3.8, 4) is 0 Å². The molecule has 19 heavy (non-hydrogen) atoms. The molecule has 1 aliphatic heterocycles. The second kappa shape index (κ2) is 5.35. The Balaban J connectivity index is 2.27. The Labute approximate surface area is 120 Å². The number of sulfonamides is 1. The second-order valence-corrected chi connectivity index (χ2v) is 7.21. The molecule has 0 spiro atoms. The molecule has 0 bridgehead atoms. The first kappa shape index (κ1) is 14.7. The zero-order valence-electron chi connectivity index (χ0n) is 10.4. The second-order valence-electron chi connectivity index (χ2n) is 4.67. The summed E-state index contributed by atoms with van der Waals surface area (Å²) in [7, 11) is -1.78. The summed E-state index contributed by atoms with van der Waals surface area (Å²) in [6, 6.07) is 2.05. The van der Waals surface area contributed by atoms with E-state index in [-0.39, 0.29) is 21.1 Å². The highest BCUT2D eigenvalue weighted by molar-refractivity contribution is 9.10. The Hall–Kier alpha value is -0.700. The first-order valence-corrected chi connectivity index (χ1v) is 8.02. The van der Waals surface area contributed by atoms with E-state index in [1.165, 1.54) is 0 Å². The van der Waals surface area contributed by atoms with E-state index in [0.29, 0.717) is 6.54 Å². The molecule has 2 rings (SSSR count). The molecule has 0 aromatic heterocycles. The van der Waals surface area contributed by atoms with E-state index in [9.17, 15) is 12.8 Å². The molecule has 5 nitrogen and oxygen atoms in total. The van der Waals surface area contributed by atoms with Crippen molar-refractivity contribution < 1.29 is 12.8 Å². The van der Waals surface area contributed by atoms with E-state index in [1.54, 1.807) is 0 Å². The van der Waals surface area contributed by atoms with Gasteiger partial charge in [0.1, 0.15) is 5.82 Å². The number of benzene rings is 1. The lowest BCUT2D eigenvalue weighted by molar-refractivity contribution is 0.407. The van der Waals surface area contributed by atoms with Gasteiger partial charge in [-0.2, -0.15) is 0 Å². The standard InChI is InChI=1S/C11H15BrFN3O2S/c1-16-3-2-7(6-16)15-19(17,18)11-5-10(14)9(13)4-8(11)12/h4-5,7,15H,2-3,6,14H2,1H3. The number of anilines is 1. The van der Waals surface area contributed by atoms with Crippen LogP contribution in [0.4, 0.5) is 10.1 Å². The van der Waals surface area contributed by atoms with Crippen LogP contribution < -0.4 is 10.5 Å². The molecule has 0 radical (unpaired) electrons. The van der Waals surface area contributed by atoms with Gasteiger partial charge in [-0.15, -0.1) is 0 Å². The van der Waals surface area contributed by atoms with E-state index in [4.69, 9.17) is 5.73 Å². The maximum absolute atomic E-state index is 13.2. The molecule has 1 aliphatic rings. The lowest BCUT2D eigenvalue weighted by Crippen LogP contribution is -2.36. The zero-order chi connectivity index (χ0) is 14.2. The third-order valence-corrected chi connectivity index (χ3v) is 5.53. The van der Waals surface area contributed by atoms with Gasteiger partial charge < -0.3 is 10.6 Å². The van der Waals surface area contributed by atoms with Gasteiger partial charge in [0.25, 0.3) is 0 Å². The fraction of sp³-hybridized carbons (Fsp3) is 0.455. The van der Waals surface area contributed by atoms with Crippen molar-refractivity contribution in [1.82, 2.24) is 9.62 Å². The first-order valence-electron chi connectivity index (χ1n) is 5.75. The monoisotopic (exact) mass is 351 g/mol. The van der Waals surface area contributed by atoms with Crippen LogP contribution in [-0.2, 0) is 10.0 Å². The minimum absolute atomic E-state index is 0.0408. The molecule has 0 aliphatic carbocycles. The summed E-state index contributed by atoms with van der Waals surface area (Å²) in [5.74, 6) is -0.647. The van der Waals surface area contributed by atoms with E-state index in [2.05, 4.69) is 20.7 Å². The van der Waals surface area contributed by atoms with Gasteiger partial charge in [0.15, 0.2) is 0 Å². The molecule has 0 amide bonds. The van der Waals surface area contributed by atoms with E-state index in [0.717, 1.165) is 25.1 Å². The SMILES string of the molecule is CN1CCC(NS(=O)(=O)c2cc(N)c(F)cc2Br)C1. The molecular formula is C11H15BrFN3O2S. The van der Waals surface area contributed by atoms with Gasteiger partial charge >= 0.3 is 0 Å². The van der Waals surface area contributed by atoms with Gasteiger partial charge in [-0.25, -0.2) is 17.5 Å². The highest BCUT2D eigenvalue weighted by atomic mass is 79.9. The van der Waals surface area contributed by atoms with Crippen molar-refractivity contribution in [2.45, 2.75) is 17.4 Å². The van der Waals surface area contributed by atoms with Crippen molar-refractivity contribution in [3.05, 3.63) is 22.4 Å². The topological polar surface area (TPSA) is 75.4 Å². The number of nitrogens with two attached hydrogens (primary N) is 1. The third-order valence-electron chi connectivity index (χ3n) is 3.05. The molecular weight excluding hydrogens is 337 g/mol. The maximum atomic E-state index is 13.2. The summed E-state index contributed by atoms with van der Waals surface area (Å²) >= 11 is 3.05. The molecule has 3 N–H and O–H groups in total.